The van der Waals surface area contributed by atoms with Gasteiger partial charge in [-0.05, 0) is 48.7 Å². The molecule has 0 amide bonds. The maximum Gasteiger partial charge on any atom is 0.193 e. The second-order valence-electron chi connectivity index (χ2n) is 4.93. The van der Waals surface area contributed by atoms with E-state index in [1.54, 1.807) is 35.1 Å². The highest BCUT2D eigenvalue weighted by Gasteiger charge is 2.17. The van der Waals surface area contributed by atoms with E-state index in [0.717, 1.165) is 25.9 Å². The Hall–Kier alpha value is -1.83. The average molecular weight is 357 g/mol. The van der Waals surface area contributed by atoms with Crippen molar-refractivity contribution in [3.05, 3.63) is 46.4 Å². The third-order valence-electron chi connectivity index (χ3n) is 3.47. The molecule has 0 spiro atoms. The number of nitrogens with zero attached hydrogens (tertiary/aromatic N) is 4. The largest absolute Gasteiger partial charge is 0.231 e. The minimum atomic E-state index is 0.702. The van der Waals surface area contributed by atoms with Crippen LogP contribution in [0, 0.1) is 13.8 Å². The number of thiophene rings is 2. The summed E-state index contributed by atoms with van der Waals surface area (Å²) in [7, 11) is 0. The van der Waals surface area contributed by atoms with Gasteiger partial charge in [0.05, 0.1) is 4.88 Å². The molecule has 4 aromatic rings. The Morgan fingerprint density at radius 2 is 1.87 bits per heavy atom. The maximum atomic E-state index is 4.80. The first-order valence-electron chi connectivity index (χ1n) is 6.99. The van der Waals surface area contributed by atoms with Gasteiger partial charge in [-0.3, -0.25) is 0 Å². The number of aryl methyl sites for hydroxylation is 2. The summed E-state index contributed by atoms with van der Waals surface area (Å²) >= 11 is 4.86. The van der Waals surface area contributed by atoms with Crippen LogP contribution in [0.5, 0.6) is 0 Å². The number of rotatable bonds is 3. The maximum absolute atomic E-state index is 4.80. The van der Waals surface area contributed by atoms with Crippen molar-refractivity contribution in [3.63, 3.8) is 0 Å². The van der Waals surface area contributed by atoms with Crippen LogP contribution < -0.4 is 0 Å². The highest BCUT2D eigenvalue weighted by atomic mass is 32.2. The Balaban J connectivity index is 1.92. The van der Waals surface area contributed by atoms with E-state index in [0.29, 0.717) is 5.16 Å². The van der Waals surface area contributed by atoms with Gasteiger partial charge in [-0.25, -0.2) is 19.9 Å². The van der Waals surface area contributed by atoms with Gasteiger partial charge in [0.25, 0.3) is 0 Å². The van der Waals surface area contributed by atoms with Gasteiger partial charge in [0.1, 0.15) is 9.86 Å². The fourth-order valence-electron chi connectivity index (χ4n) is 2.23. The zero-order chi connectivity index (χ0) is 15.8. The predicted octanol–water partition coefficient (Wildman–Crippen LogP) is 4.98. The van der Waals surface area contributed by atoms with Crippen LogP contribution in [0.2, 0.25) is 0 Å². The van der Waals surface area contributed by atoms with Gasteiger partial charge in [-0.15, -0.1) is 22.7 Å². The fourth-order valence-corrected chi connectivity index (χ4v) is 4.86. The Labute approximate surface area is 145 Å². The molecule has 4 aromatic heterocycles. The molecular weight excluding hydrogens is 344 g/mol. The molecule has 7 heteroatoms. The van der Waals surface area contributed by atoms with Crippen LogP contribution in [0.25, 0.3) is 20.9 Å². The summed E-state index contributed by atoms with van der Waals surface area (Å²) in [6.07, 6.45) is 3.50. The standard InChI is InChI=1S/C16H12N4S3/c1-9-10(2)22-14-12(9)15(23-16-17-6-4-7-18-16)20-13(19-14)11-5-3-8-21-11/h3-8H,1-2H3. The fraction of sp³-hybridized carbons (Fsp3) is 0.125. The molecular formula is C16H12N4S3. The van der Waals surface area contributed by atoms with Gasteiger partial charge in [0, 0.05) is 22.7 Å². The number of hydrogen-bond acceptors (Lipinski definition) is 7. The molecule has 4 rings (SSSR count). The molecule has 0 aliphatic heterocycles. The van der Waals surface area contributed by atoms with Crippen LogP contribution in [0.1, 0.15) is 10.4 Å². The van der Waals surface area contributed by atoms with Crippen molar-refractivity contribution in [2.75, 3.05) is 0 Å². The zero-order valence-corrected chi connectivity index (χ0v) is 14.9. The second-order valence-corrected chi connectivity index (χ2v) is 8.03. The van der Waals surface area contributed by atoms with Crippen LogP contribution in [-0.2, 0) is 0 Å². The summed E-state index contributed by atoms with van der Waals surface area (Å²) in [4.78, 5) is 21.6. The lowest BCUT2D eigenvalue weighted by atomic mass is 10.2. The van der Waals surface area contributed by atoms with Gasteiger partial charge >= 0.3 is 0 Å². The lowest BCUT2D eigenvalue weighted by molar-refractivity contribution is 0.961. The van der Waals surface area contributed by atoms with E-state index in [2.05, 4.69) is 23.8 Å². The van der Waals surface area contributed by atoms with Crippen LogP contribution in [0.15, 0.2) is 46.2 Å². The highest BCUT2D eigenvalue weighted by molar-refractivity contribution is 7.99. The van der Waals surface area contributed by atoms with Crippen molar-refractivity contribution in [3.8, 4) is 10.7 Å². The normalized spacial score (nSPS) is 11.2. The molecule has 0 saturated carbocycles. The molecule has 114 valence electrons. The first-order valence-corrected chi connectivity index (χ1v) is 9.50. The molecule has 0 radical (unpaired) electrons. The average Bonchev–Trinajstić information content (AvgIpc) is 3.18. The van der Waals surface area contributed by atoms with Gasteiger partial charge in [0.2, 0.25) is 0 Å². The highest BCUT2D eigenvalue weighted by Crippen LogP contribution is 2.38. The molecule has 0 saturated heterocycles. The minimum absolute atomic E-state index is 0.702. The van der Waals surface area contributed by atoms with E-state index < -0.39 is 0 Å². The first-order chi connectivity index (χ1) is 11.2. The molecule has 0 aliphatic rings. The monoisotopic (exact) mass is 356 g/mol. The number of fused-ring (bicyclic) bond motifs is 1. The lowest BCUT2D eigenvalue weighted by Gasteiger charge is -2.05. The molecule has 0 aliphatic carbocycles. The third kappa shape index (κ3) is 2.75. The van der Waals surface area contributed by atoms with Gasteiger partial charge in [-0.1, -0.05) is 6.07 Å². The zero-order valence-electron chi connectivity index (χ0n) is 12.5. The first kappa shape index (κ1) is 14.7. The summed E-state index contributed by atoms with van der Waals surface area (Å²) in [5.41, 5.74) is 1.24. The van der Waals surface area contributed by atoms with Gasteiger partial charge < -0.3 is 0 Å². The van der Waals surface area contributed by atoms with E-state index in [4.69, 9.17) is 9.97 Å². The minimum Gasteiger partial charge on any atom is -0.231 e. The van der Waals surface area contributed by atoms with E-state index in [1.807, 2.05) is 23.6 Å². The van der Waals surface area contributed by atoms with E-state index in [9.17, 15) is 0 Å². The van der Waals surface area contributed by atoms with Crippen molar-refractivity contribution in [1.29, 1.82) is 0 Å². The molecule has 4 nitrogen and oxygen atoms in total. The molecule has 0 unspecified atom stereocenters. The lowest BCUT2D eigenvalue weighted by Crippen LogP contribution is -1.92. The van der Waals surface area contributed by atoms with Crippen molar-refractivity contribution < 1.29 is 0 Å². The molecule has 0 fully saturated rings. The van der Waals surface area contributed by atoms with Crippen molar-refractivity contribution >= 4 is 44.7 Å². The summed E-state index contributed by atoms with van der Waals surface area (Å²) in [6.45, 7) is 4.25. The van der Waals surface area contributed by atoms with Crippen LogP contribution in [0.3, 0.4) is 0 Å². The predicted molar refractivity (Wildman–Crippen MR) is 96.4 cm³/mol. The number of hydrogen-bond donors (Lipinski definition) is 0. The van der Waals surface area contributed by atoms with E-state index in [1.165, 1.54) is 22.2 Å². The molecule has 0 atom stereocenters. The smallest absolute Gasteiger partial charge is 0.193 e. The molecule has 0 N–H and O–H groups in total. The summed E-state index contributed by atoms with van der Waals surface area (Å²) < 4.78 is 0. The SMILES string of the molecule is Cc1sc2nc(-c3cccs3)nc(Sc3ncccn3)c2c1C. The van der Waals surface area contributed by atoms with E-state index >= 15 is 0 Å². The Kier molecular flexibility index (Phi) is 3.84. The molecule has 4 heterocycles. The van der Waals surface area contributed by atoms with Crippen LogP contribution in [0.4, 0.5) is 0 Å². The van der Waals surface area contributed by atoms with Crippen LogP contribution >= 0.6 is 34.4 Å². The molecule has 23 heavy (non-hydrogen) atoms. The van der Waals surface area contributed by atoms with Crippen molar-refractivity contribution in [2.45, 2.75) is 24.0 Å². The van der Waals surface area contributed by atoms with Crippen LogP contribution in [-0.4, -0.2) is 19.9 Å². The van der Waals surface area contributed by atoms with Gasteiger partial charge in [-0.2, -0.15) is 0 Å². The summed E-state index contributed by atoms with van der Waals surface area (Å²) in [5, 5.41) is 4.78. The van der Waals surface area contributed by atoms with Crippen molar-refractivity contribution in [1.82, 2.24) is 19.9 Å². The van der Waals surface area contributed by atoms with Gasteiger partial charge in [0.15, 0.2) is 11.0 Å². The van der Waals surface area contributed by atoms with E-state index in [-0.39, 0.29) is 0 Å². The molecule has 0 bridgehead atoms. The summed E-state index contributed by atoms with van der Waals surface area (Å²) in [6, 6.07) is 5.88. The quantitative estimate of drug-likeness (QED) is 0.383. The van der Waals surface area contributed by atoms with Crippen molar-refractivity contribution in [2.24, 2.45) is 0 Å². The molecule has 0 aromatic carbocycles. The second kappa shape index (κ2) is 5.99. The number of aromatic nitrogens is 4. The Bertz CT molecular complexity index is 962. The third-order valence-corrected chi connectivity index (χ3v) is 6.32. The summed E-state index contributed by atoms with van der Waals surface area (Å²) in [5.74, 6) is 0.771. The topological polar surface area (TPSA) is 51.6 Å². The Morgan fingerprint density at radius 1 is 1.04 bits per heavy atom. The Morgan fingerprint density at radius 3 is 2.61 bits per heavy atom.